The highest BCUT2D eigenvalue weighted by molar-refractivity contribution is 9.18. The molecule has 0 amide bonds. The second kappa shape index (κ2) is 6.34. The molecule has 0 fully saturated rings. The number of hydrogen-bond donors (Lipinski definition) is 0. The molecule has 19 heavy (non-hydrogen) atoms. The van der Waals surface area contributed by atoms with E-state index >= 15 is 0 Å². The number of rotatable bonds is 5. The van der Waals surface area contributed by atoms with Crippen LogP contribution in [0.1, 0.15) is 10.4 Å². The summed E-state index contributed by atoms with van der Waals surface area (Å²) in [5, 5.41) is 0. The first-order valence-electron chi connectivity index (χ1n) is 5.85. The molecular formula is C16H13BrO2. The predicted molar refractivity (Wildman–Crippen MR) is 80.8 cm³/mol. The molecule has 0 radical (unpaired) electrons. The van der Waals surface area contributed by atoms with Gasteiger partial charge in [-0.05, 0) is 51.3 Å². The fourth-order valence-electron chi connectivity index (χ4n) is 1.69. The molecule has 2 nitrogen and oxygen atoms in total. The first kappa shape index (κ1) is 13.6. The highest BCUT2D eigenvalue weighted by atomic mass is 79.9. The Labute approximate surface area is 120 Å². The molecule has 0 unspecified atom stereocenters. The maximum Gasteiger partial charge on any atom is 0.228 e. The molecule has 2 rings (SSSR count). The summed E-state index contributed by atoms with van der Waals surface area (Å²) in [6.07, 6.45) is 1.71. The lowest BCUT2D eigenvalue weighted by atomic mass is 10.0. The molecule has 0 aliphatic rings. The summed E-state index contributed by atoms with van der Waals surface area (Å²) in [6, 6.07) is 15.3. The summed E-state index contributed by atoms with van der Waals surface area (Å²) in [7, 11) is 0. The molecule has 2 aromatic rings. The molecular weight excluding hydrogens is 304 g/mol. The molecule has 0 aliphatic carbocycles. The van der Waals surface area contributed by atoms with Crippen molar-refractivity contribution < 1.29 is 9.53 Å². The Morgan fingerprint density at radius 1 is 1.05 bits per heavy atom. The number of carbonyl (C=O) groups excluding carboxylic acids is 1. The lowest BCUT2D eigenvalue weighted by Crippen LogP contribution is -1.92. The maximum atomic E-state index is 11.1. The monoisotopic (exact) mass is 316 g/mol. The molecule has 2 aromatic carbocycles. The largest absolute Gasteiger partial charge is 0.490 e. The van der Waals surface area contributed by atoms with E-state index in [2.05, 4.69) is 22.5 Å². The molecule has 0 bridgehead atoms. The minimum atomic E-state index is -0.104. The van der Waals surface area contributed by atoms with Gasteiger partial charge in [0.05, 0.1) is 0 Å². The van der Waals surface area contributed by atoms with E-state index in [0.29, 0.717) is 12.2 Å². The van der Waals surface area contributed by atoms with Gasteiger partial charge in [-0.25, -0.2) is 0 Å². The Hall–Kier alpha value is -1.87. The minimum absolute atomic E-state index is 0.104. The zero-order chi connectivity index (χ0) is 13.7. The number of benzene rings is 2. The first-order chi connectivity index (χ1) is 9.20. The van der Waals surface area contributed by atoms with Gasteiger partial charge in [-0.15, -0.1) is 0 Å². The predicted octanol–water partition coefficient (Wildman–Crippen LogP) is 4.45. The number of ether oxygens (including phenoxy) is 1. The SMILES string of the molecule is C=CCOc1ccc(-c2ccc(C(=O)Br)cc2)cc1. The molecule has 96 valence electrons. The second-order valence-electron chi connectivity index (χ2n) is 3.98. The van der Waals surface area contributed by atoms with Gasteiger partial charge in [0, 0.05) is 5.56 Å². The van der Waals surface area contributed by atoms with Gasteiger partial charge in [0.1, 0.15) is 12.4 Å². The fraction of sp³-hybridized carbons (Fsp3) is 0.0625. The van der Waals surface area contributed by atoms with Gasteiger partial charge >= 0.3 is 0 Å². The van der Waals surface area contributed by atoms with Crippen molar-refractivity contribution in [1.82, 2.24) is 0 Å². The van der Waals surface area contributed by atoms with Crippen LogP contribution in [0.2, 0.25) is 0 Å². The van der Waals surface area contributed by atoms with Crippen molar-refractivity contribution in [2.75, 3.05) is 6.61 Å². The van der Waals surface area contributed by atoms with Crippen molar-refractivity contribution in [2.45, 2.75) is 0 Å². The second-order valence-corrected chi connectivity index (χ2v) is 4.70. The van der Waals surface area contributed by atoms with Crippen LogP contribution in [0.3, 0.4) is 0 Å². The number of carbonyl (C=O) groups is 1. The zero-order valence-electron chi connectivity index (χ0n) is 10.3. The molecule has 0 saturated heterocycles. The average Bonchev–Trinajstić information content (AvgIpc) is 2.46. The lowest BCUT2D eigenvalue weighted by Gasteiger charge is -2.05. The van der Waals surface area contributed by atoms with Gasteiger partial charge in [-0.2, -0.15) is 0 Å². The van der Waals surface area contributed by atoms with E-state index in [-0.39, 0.29) is 4.69 Å². The van der Waals surface area contributed by atoms with Crippen LogP contribution in [0.4, 0.5) is 0 Å². The van der Waals surface area contributed by atoms with Crippen molar-refractivity contribution >= 4 is 20.6 Å². The van der Waals surface area contributed by atoms with Crippen LogP contribution in [-0.4, -0.2) is 11.3 Å². The quantitative estimate of drug-likeness (QED) is 0.601. The summed E-state index contributed by atoms with van der Waals surface area (Å²) >= 11 is 2.93. The van der Waals surface area contributed by atoms with Crippen LogP contribution >= 0.6 is 15.9 Å². The van der Waals surface area contributed by atoms with Crippen LogP contribution in [0.5, 0.6) is 5.75 Å². The summed E-state index contributed by atoms with van der Waals surface area (Å²) in [6.45, 7) is 4.11. The van der Waals surface area contributed by atoms with Crippen LogP contribution in [0.15, 0.2) is 61.2 Å². The smallest absolute Gasteiger partial charge is 0.228 e. The highest BCUT2D eigenvalue weighted by Gasteiger charge is 2.02. The molecule has 0 aliphatic heterocycles. The van der Waals surface area contributed by atoms with Crippen molar-refractivity contribution in [3.63, 3.8) is 0 Å². The van der Waals surface area contributed by atoms with E-state index in [4.69, 9.17) is 4.74 Å². The van der Waals surface area contributed by atoms with Crippen LogP contribution < -0.4 is 4.74 Å². The molecule has 0 saturated carbocycles. The third kappa shape index (κ3) is 3.55. The standard InChI is InChI=1S/C16H13BrO2/c1-2-11-19-15-9-7-13(8-10-15)12-3-5-14(6-4-12)16(17)18/h2-10H,1,11H2. The average molecular weight is 317 g/mol. The molecule has 0 aromatic heterocycles. The van der Waals surface area contributed by atoms with Crippen molar-refractivity contribution in [1.29, 1.82) is 0 Å². The minimum Gasteiger partial charge on any atom is -0.490 e. The van der Waals surface area contributed by atoms with Crippen molar-refractivity contribution in [2.24, 2.45) is 0 Å². The van der Waals surface area contributed by atoms with Crippen molar-refractivity contribution in [3.8, 4) is 16.9 Å². The van der Waals surface area contributed by atoms with Gasteiger partial charge in [0.25, 0.3) is 0 Å². The molecule has 3 heteroatoms. The van der Waals surface area contributed by atoms with Crippen LogP contribution in [0.25, 0.3) is 11.1 Å². The van der Waals surface area contributed by atoms with Crippen molar-refractivity contribution in [3.05, 3.63) is 66.7 Å². The molecule has 0 spiro atoms. The zero-order valence-corrected chi connectivity index (χ0v) is 11.9. The van der Waals surface area contributed by atoms with Gasteiger partial charge in [0.15, 0.2) is 0 Å². The number of hydrogen-bond acceptors (Lipinski definition) is 2. The van der Waals surface area contributed by atoms with E-state index in [1.165, 1.54) is 0 Å². The van der Waals surface area contributed by atoms with E-state index in [1.54, 1.807) is 18.2 Å². The van der Waals surface area contributed by atoms with Crippen LogP contribution in [-0.2, 0) is 0 Å². The van der Waals surface area contributed by atoms with Gasteiger partial charge in [-0.3, -0.25) is 4.79 Å². The normalized spacial score (nSPS) is 9.95. The Bertz CT molecular complexity index is 571. The highest BCUT2D eigenvalue weighted by Crippen LogP contribution is 2.23. The topological polar surface area (TPSA) is 26.3 Å². The van der Waals surface area contributed by atoms with E-state index in [9.17, 15) is 4.79 Å². The fourth-order valence-corrected chi connectivity index (χ4v) is 1.96. The van der Waals surface area contributed by atoms with Gasteiger partial charge in [0.2, 0.25) is 4.69 Å². The van der Waals surface area contributed by atoms with E-state index in [1.807, 2.05) is 36.4 Å². The first-order valence-corrected chi connectivity index (χ1v) is 6.64. The molecule has 0 N–H and O–H groups in total. The summed E-state index contributed by atoms with van der Waals surface area (Å²) in [4.78, 5) is 11.1. The Balaban J connectivity index is 2.17. The van der Waals surface area contributed by atoms with E-state index in [0.717, 1.165) is 16.9 Å². The summed E-state index contributed by atoms with van der Waals surface area (Å²) in [5.74, 6) is 0.816. The van der Waals surface area contributed by atoms with Gasteiger partial charge in [-0.1, -0.05) is 36.9 Å². The Kier molecular flexibility index (Phi) is 4.53. The third-order valence-corrected chi connectivity index (χ3v) is 3.13. The van der Waals surface area contributed by atoms with Gasteiger partial charge < -0.3 is 4.74 Å². The maximum absolute atomic E-state index is 11.1. The molecule has 0 atom stereocenters. The Morgan fingerprint density at radius 2 is 1.58 bits per heavy atom. The lowest BCUT2D eigenvalue weighted by molar-refractivity contribution is 0.109. The van der Waals surface area contributed by atoms with E-state index < -0.39 is 0 Å². The summed E-state index contributed by atoms with van der Waals surface area (Å²) in [5.41, 5.74) is 2.79. The number of halogens is 1. The van der Waals surface area contributed by atoms with Crippen LogP contribution in [0, 0.1) is 0 Å². The molecule has 0 heterocycles. The summed E-state index contributed by atoms with van der Waals surface area (Å²) < 4.78 is 5.32. The third-order valence-electron chi connectivity index (χ3n) is 2.67. The Morgan fingerprint density at radius 3 is 2.05 bits per heavy atom.